The number of anilines is 1. The Hall–Kier alpha value is -3.53. The zero-order chi connectivity index (χ0) is 20.5. The molecule has 1 aliphatic rings. The van der Waals surface area contributed by atoms with Crippen LogP contribution in [0.15, 0.2) is 36.5 Å². The Kier molecular flexibility index (Phi) is 4.75. The summed E-state index contributed by atoms with van der Waals surface area (Å²) in [6, 6.07) is 9.83. The van der Waals surface area contributed by atoms with Gasteiger partial charge in [0.15, 0.2) is 23.2 Å². The highest BCUT2D eigenvalue weighted by Gasteiger charge is 2.23. The second kappa shape index (κ2) is 7.71. The second-order valence-corrected chi connectivity index (χ2v) is 7.19. The fraction of sp³-hybridized carbons (Fsp3) is 0.350. The van der Waals surface area contributed by atoms with Crippen molar-refractivity contribution in [3.63, 3.8) is 0 Å². The number of hydrogen-bond donors (Lipinski definition) is 1. The molecule has 0 bridgehead atoms. The van der Waals surface area contributed by atoms with Crippen molar-refractivity contribution in [1.29, 1.82) is 0 Å². The minimum Gasteiger partial charge on any atom is -0.479 e. The third kappa shape index (κ3) is 3.24. The van der Waals surface area contributed by atoms with E-state index in [1.165, 1.54) is 0 Å². The van der Waals surface area contributed by atoms with Crippen LogP contribution in [0.1, 0.15) is 24.5 Å². The van der Waals surface area contributed by atoms with E-state index in [0.717, 1.165) is 37.2 Å². The van der Waals surface area contributed by atoms with Crippen molar-refractivity contribution in [2.75, 3.05) is 18.0 Å². The van der Waals surface area contributed by atoms with E-state index in [1.54, 1.807) is 16.2 Å². The number of hydrogen-bond acceptors (Lipinski definition) is 8. The summed E-state index contributed by atoms with van der Waals surface area (Å²) in [5, 5.41) is 26.8. The van der Waals surface area contributed by atoms with Crippen LogP contribution in [0.3, 0.4) is 0 Å². The second-order valence-electron chi connectivity index (χ2n) is 7.19. The standard InChI is InChI=1S/C20H22N8O2/c1-26-17(22-16(12-29)25-26)13-30-18-15(27-9-5-6-10-27)11-21-28-19(23-24-20(18)28)14-7-3-2-4-8-14/h2-4,7-8,11,29H,5-6,9-10,12-13H2,1H3. The Morgan fingerprint density at radius 3 is 2.63 bits per heavy atom. The first-order chi connectivity index (χ1) is 14.7. The Morgan fingerprint density at radius 1 is 1.10 bits per heavy atom. The summed E-state index contributed by atoms with van der Waals surface area (Å²) in [5.74, 6) is 2.26. The Bertz CT molecular complexity index is 1160. The molecule has 1 fully saturated rings. The van der Waals surface area contributed by atoms with E-state index < -0.39 is 0 Å². The van der Waals surface area contributed by atoms with E-state index in [2.05, 4.69) is 30.3 Å². The predicted molar refractivity (Wildman–Crippen MR) is 109 cm³/mol. The normalized spacial score (nSPS) is 14.0. The van der Waals surface area contributed by atoms with Crippen molar-refractivity contribution in [3.8, 4) is 17.1 Å². The minimum absolute atomic E-state index is 0.192. The van der Waals surface area contributed by atoms with Crippen molar-refractivity contribution in [3.05, 3.63) is 48.2 Å². The molecule has 0 unspecified atom stereocenters. The molecule has 30 heavy (non-hydrogen) atoms. The van der Waals surface area contributed by atoms with Crippen molar-refractivity contribution < 1.29 is 9.84 Å². The SMILES string of the molecule is Cn1nc(CO)nc1COc1c(N2CCCC2)cnn2c(-c3ccccc3)nnc12. The molecular formula is C20H22N8O2. The van der Waals surface area contributed by atoms with Crippen LogP contribution in [0, 0.1) is 0 Å². The molecule has 1 saturated heterocycles. The maximum atomic E-state index is 9.28. The van der Waals surface area contributed by atoms with Gasteiger partial charge in [0.05, 0.1) is 6.20 Å². The first-order valence-corrected chi connectivity index (χ1v) is 9.92. The fourth-order valence-electron chi connectivity index (χ4n) is 3.71. The quantitative estimate of drug-likeness (QED) is 0.515. The average molecular weight is 406 g/mol. The lowest BCUT2D eigenvalue weighted by atomic mass is 10.2. The van der Waals surface area contributed by atoms with Gasteiger partial charge in [0.1, 0.15) is 18.9 Å². The van der Waals surface area contributed by atoms with E-state index in [4.69, 9.17) is 4.74 Å². The fourth-order valence-corrected chi connectivity index (χ4v) is 3.71. The third-order valence-corrected chi connectivity index (χ3v) is 5.23. The van der Waals surface area contributed by atoms with Gasteiger partial charge >= 0.3 is 0 Å². The van der Waals surface area contributed by atoms with Gasteiger partial charge in [-0.3, -0.25) is 0 Å². The number of aromatic nitrogens is 7. The van der Waals surface area contributed by atoms with Crippen LogP contribution in [0.2, 0.25) is 0 Å². The van der Waals surface area contributed by atoms with E-state index in [9.17, 15) is 5.11 Å². The molecule has 0 saturated carbocycles. The lowest BCUT2D eigenvalue weighted by molar-refractivity contribution is 0.270. The summed E-state index contributed by atoms with van der Waals surface area (Å²) in [6.07, 6.45) is 4.09. The maximum Gasteiger partial charge on any atom is 0.222 e. The number of fused-ring (bicyclic) bond motifs is 1. The molecule has 1 aromatic carbocycles. The van der Waals surface area contributed by atoms with Crippen LogP contribution in [0.5, 0.6) is 5.75 Å². The molecule has 0 spiro atoms. The van der Waals surface area contributed by atoms with Crippen LogP contribution < -0.4 is 9.64 Å². The highest BCUT2D eigenvalue weighted by Crippen LogP contribution is 2.35. The van der Waals surface area contributed by atoms with Crippen molar-refractivity contribution in [2.45, 2.75) is 26.1 Å². The molecule has 1 N–H and O–H groups in total. The van der Waals surface area contributed by atoms with Gasteiger partial charge in [0, 0.05) is 25.7 Å². The van der Waals surface area contributed by atoms with Crippen LogP contribution in [0.25, 0.3) is 17.0 Å². The van der Waals surface area contributed by atoms with E-state index >= 15 is 0 Å². The molecule has 4 heterocycles. The van der Waals surface area contributed by atoms with Gasteiger partial charge in [-0.1, -0.05) is 30.3 Å². The topological polar surface area (TPSA) is 106 Å². The summed E-state index contributed by atoms with van der Waals surface area (Å²) in [5.41, 5.74) is 2.39. The molecule has 0 radical (unpaired) electrons. The van der Waals surface area contributed by atoms with E-state index in [0.29, 0.717) is 28.9 Å². The van der Waals surface area contributed by atoms with Gasteiger partial charge in [-0.05, 0) is 12.8 Å². The molecule has 0 atom stereocenters. The molecule has 4 aromatic rings. The molecular weight excluding hydrogens is 384 g/mol. The lowest BCUT2D eigenvalue weighted by Crippen LogP contribution is -2.20. The zero-order valence-electron chi connectivity index (χ0n) is 16.6. The number of benzene rings is 1. The highest BCUT2D eigenvalue weighted by atomic mass is 16.5. The van der Waals surface area contributed by atoms with Gasteiger partial charge in [-0.25, -0.2) is 9.67 Å². The van der Waals surface area contributed by atoms with Gasteiger partial charge in [-0.2, -0.15) is 14.7 Å². The molecule has 3 aromatic heterocycles. The summed E-state index contributed by atoms with van der Waals surface area (Å²) < 4.78 is 9.54. The first-order valence-electron chi connectivity index (χ1n) is 9.92. The maximum absolute atomic E-state index is 9.28. The summed E-state index contributed by atoms with van der Waals surface area (Å²) in [6.45, 7) is 1.88. The number of aliphatic hydroxyl groups is 1. The third-order valence-electron chi connectivity index (χ3n) is 5.23. The van der Waals surface area contributed by atoms with Gasteiger partial charge < -0.3 is 14.7 Å². The summed E-state index contributed by atoms with van der Waals surface area (Å²) >= 11 is 0. The Morgan fingerprint density at radius 2 is 1.90 bits per heavy atom. The smallest absolute Gasteiger partial charge is 0.222 e. The average Bonchev–Trinajstić information content (AvgIpc) is 3.52. The monoisotopic (exact) mass is 406 g/mol. The molecule has 154 valence electrons. The van der Waals surface area contributed by atoms with Crippen LogP contribution in [0.4, 0.5) is 5.69 Å². The van der Waals surface area contributed by atoms with Crippen molar-refractivity contribution in [1.82, 2.24) is 34.6 Å². The zero-order valence-corrected chi connectivity index (χ0v) is 16.6. The van der Waals surface area contributed by atoms with E-state index in [1.807, 2.05) is 36.5 Å². The number of nitrogens with zero attached hydrogens (tertiary/aromatic N) is 8. The van der Waals surface area contributed by atoms with Crippen LogP contribution in [-0.2, 0) is 20.3 Å². The summed E-state index contributed by atoms with van der Waals surface area (Å²) in [4.78, 5) is 6.57. The lowest BCUT2D eigenvalue weighted by Gasteiger charge is -2.21. The van der Waals surface area contributed by atoms with Crippen LogP contribution >= 0.6 is 0 Å². The minimum atomic E-state index is -0.211. The molecule has 0 aliphatic carbocycles. The molecule has 0 amide bonds. The molecule has 1 aliphatic heterocycles. The number of aryl methyl sites for hydroxylation is 1. The predicted octanol–water partition coefficient (Wildman–Crippen LogP) is 1.59. The van der Waals surface area contributed by atoms with Gasteiger partial charge in [0.25, 0.3) is 0 Å². The number of ether oxygens (including phenoxy) is 1. The number of rotatable bonds is 6. The van der Waals surface area contributed by atoms with Gasteiger partial charge in [0.2, 0.25) is 5.65 Å². The Labute approximate surface area is 172 Å². The van der Waals surface area contributed by atoms with Crippen LogP contribution in [-0.4, -0.2) is 52.8 Å². The molecule has 5 rings (SSSR count). The van der Waals surface area contributed by atoms with Crippen molar-refractivity contribution >= 4 is 11.3 Å². The van der Waals surface area contributed by atoms with Gasteiger partial charge in [-0.15, -0.1) is 10.2 Å². The first kappa shape index (κ1) is 18.5. The summed E-state index contributed by atoms with van der Waals surface area (Å²) in [7, 11) is 1.78. The Balaban J connectivity index is 1.56. The molecule has 10 heteroatoms. The van der Waals surface area contributed by atoms with Crippen molar-refractivity contribution in [2.24, 2.45) is 7.05 Å². The largest absolute Gasteiger partial charge is 0.479 e. The number of aliphatic hydroxyl groups excluding tert-OH is 1. The highest BCUT2D eigenvalue weighted by molar-refractivity contribution is 5.72. The van der Waals surface area contributed by atoms with E-state index in [-0.39, 0.29) is 13.2 Å². The molecule has 10 nitrogen and oxygen atoms in total.